The Labute approximate surface area is 167 Å². The smallest absolute Gasteiger partial charge is 0.251 e. The van der Waals surface area contributed by atoms with Gasteiger partial charge >= 0.3 is 0 Å². The second-order valence-corrected chi connectivity index (χ2v) is 9.24. The van der Waals surface area contributed by atoms with Crippen molar-refractivity contribution in [2.24, 2.45) is 5.92 Å². The summed E-state index contributed by atoms with van der Waals surface area (Å²) in [6.07, 6.45) is 4.45. The normalized spacial score (nSPS) is 16.4. The van der Waals surface area contributed by atoms with Crippen LogP contribution in [-0.4, -0.2) is 67.9 Å². The van der Waals surface area contributed by atoms with Crippen molar-refractivity contribution in [1.82, 2.24) is 19.1 Å². The number of sulfonamides is 1. The van der Waals surface area contributed by atoms with E-state index in [1.807, 2.05) is 0 Å². The molecule has 0 radical (unpaired) electrons. The van der Waals surface area contributed by atoms with Crippen LogP contribution in [0.1, 0.15) is 33.1 Å². The maximum absolute atomic E-state index is 12.6. The summed E-state index contributed by atoms with van der Waals surface area (Å²) >= 11 is 0. The Kier molecular flexibility index (Phi) is 8.21. The number of aromatic nitrogens is 1. The minimum absolute atomic E-state index is 0.0231. The van der Waals surface area contributed by atoms with Gasteiger partial charge in [-0.05, 0) is 51.4 Å². The predicted octanol–water partition coefficient (Wildman–Crippen LogP) is 0.727. The Hall–Kier alpha value is -1.71. The first kappa shape index (κ1) is 22.6. The fraction of sp³-hybridized carbons (Fsp3) is 0.684. The number of rotatable bonds is 9. The largest absolute Gasteiger partial charge is 0.355 e. The summed E-state index contributed by atoms with van der Waals surface area (Å²) in [4.78, 5) is 26.6. The Morgan fingerprint density at radius 1 is 1.21 bits per heavy atom. The number of nitrogens with one attached hydrogen (secondary N) is 1. The van der Waals surface area contributed by atoms with Crippen LogP contribution in [0.25, 0.3) is 0 Å². The van der Waals surface area contributed by atoms with E-state index < -0.39 is 15.6 Å². The summed E-state index contributed by atoms with van der Waals surface area (Å²) in [6.45, 7) is 6.76. The molecular formula is C19H32N4O4S. The quantitative estimate of drug-likeness (QED) is 0.646. The molecule has 1 aromatic rings. The maximum Gasteiger partial charge on any atom is 0.251 e. The van der Waals surface area contributed by atoms with Crippen molar-refractivity contribution in [3.05, 3.63) is 28.7 Å². The average Bonchev–Trinajstić information content (AvgIpc) is 2.66. The molecule has 0 unspecified atom stereocenters. The lowest BCUT2D eigenvalue weighted by molar-refractivity contribution is -0.121. The van der Waals surface area contributed by atoms with Gasteiger partial charge in [-0.3, -0.25) is 9.59 Å². The Morgan fingerprint density at radius 2 is 1.86 bits per heavy atom. The highest BCUT2D eigenvalue weighted by Gasteiger charge is 2.22. The molecule has 1 aliphatic heterocycles. The fourth-order valence-corrected chi connectivity index (χ4v) is 4.95. The molecule has 28 heavy (non-hydrogen) atoms. The third-order valence-corrected chi connectivity index (χ3v) is 7.36. The number of hydrogen-bond donors (Lipinski definition) is 1. The standard InChI is InChI=1S/C19H32N4O4S/c1-4-23(5-2)28(26,27)17-6-7-19(25)22(14-17)15-18(24)20-11-8-16-9-12-21(3)13-10-16/h6-7,14,16H,4-5,8-13,15H2,1-3H3,(H,20,24). The minimum atomic E-state index is -3.67. The summed E-state index contributed by atoms with van der Waals surface area (Å²) in [5, 5.41) is 2.85. The monoisotopic (exact) mass is 412 g/mol. The van der Waals surface area contributed by atoms with Crippen LogP contribution in [0.15, 0.2) is 28.0 Å². The van der Waals surface area contributed by atoms with Gasteiger partial charge in [-0.2, -0.15) is 4.31 Å². The number of piperidine rings is 1. The molecule has 2 rings (SSSR count). The van der Waals surface area contributed by atoms with E-state index in [-0.39, 0.29) is 17.3 Å². The molecule has 1 N–H and O–H groups in total. The van der Waals surface area contributed by atoms with Gasteiger partial charge in [0, 0.05) is 31.9 Å². The van der Waals surface area contributed by atoms with Crippen molar-refractivity contribution in [2.75, 3.05) is 39.8 Å². The zero-order chi connectivity index (χ0) is 20.7. The molecule has 8 nitrogen and oxygen atoms in total. The molecule has 0 saturated carbocycles. The lowest BCUT2D eigenvalue weighted by Gasteiger charge is -2.28. The van der Waals surface area contributed by atoms with E-state index in [1.54, 1.807) is 13.8 Å². The summed E-state index contributed by atoms with van der Waals surface area (Å²) in [7, 11) is -1.56. The van der Waals surface area contributed by atoms with Crippen molar-refractivity contribution in [2.45, 2.75) is 44.6 Å². The van der Waals surface area contributed by atoms with Crippen LogP contribution in [0.5, 0.6) is 0 Å². The van der Waals surface area contributed by atoms with Crippen LogP contribution in [0.2, 0.25) is 0 Å². The Balaban J connectivity index is 1.96. The minimum Gasteiger partial charge on any atom is -0.355 e. The van der Waals surface area contributed by atoms with Gasteiger partial charge in [0.15, 0.2) is 0 Å². The molecule has 9 heteroatoms. The van der Waals surface area contributed by atoms with Crippen LogP contribution >= 0.6 is 0 Å². The lowest BCUT2D eigenvalue weighted by atomic mass is 9.94. The van der Waals surface area contributed by atoms with E-state index in [2.05, 4.69) is 17.3 Å². The summed E-state index contributed by atoms with van der Waals surface area (Å²) in [6, 6.07) is 2.49. The molecule has 158 valence electrons. The zero-order valence-electron chi connectivity index (χ0n) is 17.1. The molecule has 0 aromatic carbocycles. The first-order chi connectivity index (χ1) is 13.3. The number of nitrogens with zero attached hydrogens (tertiary/aromatic N) is 3. The first-order valence-corrected chi connectivity index (χ1v) is 11.4. The summed E-state index contributed by atoms with van der Waals surface area (Å²) < 4.78 is 27.7. The van der Waals surface area contributed by atoms with Crippen LogP contribution in [0.4, 0.5) is 0 Å². The van der Waals surface area contributed by atoms with E-state index in [0.717, 1.165) is 36.9 Å². The molecule has 0 aliphatic carbocycles. The van der Waals surface area contributed by atoms with E-state index in [0.29, 0.717) is 25.6 Å². The van der Waals surface area contributed by atoms with E-state index in [9.17, 15) is 18.0 Å². The summed E-state index contributed by atoms with van der Waals surface area (Å²) in [5.41, 5.74) is -0.399. The fourth-order valence-electron chi connectivity index (χ4n) is 3.48. The number of amides is 1. The molecule has 1 saturated heterocycles. The van der Waals surface area contributed by atoms with E-state index in [4.69, 9.17) is 0 Å². The number of carbonyl (C=O) groups excluding carboxylic acids is 1. The van der Waals surface area contributed by atoms with Crippen molar-refractivity contribution in [1.29, 1.82) is 0 Å². The van der Waals surface area contributed by atoms with Gasteiger partial charge < -0.3 is 14.8 Å². The van der Waals surface area contributed by atoms with Crippen molar-refractivity contribution in [3.63, 3.8) is 0 Å². The molecule has 1 aliphatic rings. The van der Waals surface area contributed by atoms with Crippen LogP contribution < -0.4 is 10.9 Å². The molecule has 2 heterocycles. The number of pyridine rings is 1. The topological polar surface area (TPSA) is 91.7 Å². The predicted molar refractivity (Wildman–Crippen MR) is 109 cm³/mol. The Bertz CT molecular complexity index is 809. The van der Waals surface area contributed by atoms with Gasteiger partial charge in [-0.25, -0.2) is 8.42 Å². The average molecular weight is 413 g/mol. The van der Waals surface area contributed by atoms with Gasteiger partial charge in [0.25, 0.3) is 5.56 Å². The van der Waals surface area contributed by atoms with Crippen LogP contribution in [0.3, 0.4) is 0 Å². The van der Waals surface area contributed by atoms with Crippen molar-refractivity contribution < 1.29 is 13.2 Å². The number of likely N-dealkylation sites (tertiary alicyclic amines) is 1. The van der Waals surface area contributed by atoms with Gasteiger partial charge in [0.1, 0.15) is 6.54 Å². The van der Waals surface area contributed by atoms with Gasteiger partial charge in [0.05, 0.1) is 4.90 Å². The molecule has 1 amide bonds. The van der Waals surface area contributed by atoms with E-state index in [1.165, 1.54) is 22.6 Å². The first-order valence-electron chi connectivity index (χ1n) is 9.93. The summed E-state index contributed by atoms with van der Waals surface area (Å²) in [5.74, 6) is 0.328. The van der Waals surface area contributed by atoms with Gasteiger partial charge in [0.2, 0.25) is 15.9 Å². The second kappa shape index (κ2) is 10.2. The third-order valence-electron chi connectivity index (χ3n) is 5.33. The Morgan fingerprint density at radius 3 is 2.46 bits per heavy atom. The highest BCUT2D eigenvalue weighted by Crippen LogP contribution is 2.18. The SMILES string of the molecule is CCN(CC)S(=O)(=O)c1ccc(=O)n(CC(=O)NCCC2CCN(C)CC2)c1. The van der Waals surface area contributed by atoms with Crippen LogP contribution in [0, 0.1) is 5.92 Å². The highest BCUT2D eigenvalue weighted by molar-refractivity contribution is 7.89. The number of hydrogen-bond acceptors (Lipinski definition) is 5. The van der Waals surface area contributed by atoms with Crippen LogP contribution in [-0.2, 0) is 21.4 Å². The maximum atomic E-state index is 12.6. The van der Waals surface area contributed by atoms with Gasteiger partial charge in [-0.15, -0.1) is 0 Å². The molecule has 0 bridgehead atoms. The highest BCUT2D eigenvalue weighted by atomic mass is 32.2. The molecule has 1 fully saturated rings. The van der Waals surface area contributed by atoms with Crippen molar-refractivity contribution in [3.8, 4) is 0 Å². The third kappa shape index (κ3) is 5.89. The zero-order valence-corrected chi connectivity index (χ0v) is 17.9. The van der Waals surface area contributed by atoms with E-state index >= 15 is 0 Å². The number of carbonyl (C=O) groups is 1. The molecule has 1 aromatic heterocycles. The molecule has 0 spiro atoms. The van der Waals surface area contributed by atoms with Crippen molar-refractivity contribution >= 4 is 15.9 Å². The lowest BCUT2D eigenvalue weighted by Crippen LogP contribution is -2.36. The molecular weight excluding hydrogens is 380 g/mol. The molecule has 0 atom stereocenters. The second-order valence-electron chi connectivity index (χ2n) is 7.31. The van der Waals surface area contributed by atoms with Gasteiger partial charge in [-0.1, -0.05) is 13.8 Å².